The first-order valence-electron chi connectivity index (χ1n) is 13.6. The summed E-state index contributed by atoms with van der Waals surface area (Å²) in [4.78, 5) is 11.5. The van der Waals surface area contributed by atoms with Crippen molar-refractivity contribution in [3.05, 3.63) is 11.4 Å². The molecule has 3 fully saturated rings. The summed E-state index contributed by atoms with van der Waals surface area (Å²) in [5.74, 6) is 4.08. The molecule has 2 nitrogen and oxygen atoms in total. The van der Waals surface area contributed by atoms with Gasteiger partial charge in [-0.2, -0.15) is 0 Å². The molecular formula is C29H47FO2. The quantitative estimate of drug-likeness (QED) is 0.384. The predicted molar refractivity (Wildman–Crippen MR) is 129 cm³/mol. The van der Waals surface area contributed by atoms with E-state index >= 15 is 4.39 Å². The van der Waals surface area contributed by atoms with Gasteiger partial charge in [0.25, 0.3) is 0 Å². The van der Waals surface area contributed by atoms with Gasteiger partial charge in [0, 0.05) is 19.8 Å². The normalized spacial score (nSPS) is 42.3. The first-order chi connectivity index (χ1) is 15.1. The van der Waals surface area contributed by atoms with Crippen molar-refractivity contribution in [2.45, 2.75) is 118 Å². The number of halogens is 1. The monoisotopic (exact) mass is 446 g/mol. The lowest BCUT2D eigenvalue weighted by Crippen LogP contribution is -2.51. The highest BCUT2D eigenvalue weighted by molar-refractivity contribution is 5.66. The van der Waals surface area contributed by atoms with Crippen LogP contribution in [0.5, 0.6) is 0 Å². The Morgan fingerprint density at radius 2 is 1.78 bits per heavy atom. The summed E-state index contributed by atoms with van der Waals surface area (Å²) in [6.07, 6.45) is 12.2. The van der Waals surface area contributed by atoms with Gasteiger partial charge < -0.3 is 4.74 Å². The summed E-state index contributed by atoms with van der Waals surface area (Å²) < 4.78 is 21.2. The zero-order valence-corrected chi connectivity index (χ0v) is 21.5. The summed E-state index contributed by atoms with van der Waals surface area (Å²) in [6, 6.07) is 0. The number of rotatable bonds is 6. The fourth-order valence-electron chi connectivity index (χ4n) is 9.06. The molecule has 4 rings (SSSR count). The molecule has 0 amide bonds. The second-order valence-electron chi connectivity index (χ2n) is 12.9. The van der Waals surface area contributed by atoms with Crippen LogP contribution in [0.25, 0.3) is 0 Å². The van der Waals surface area contributed by atoms with E-state index in [4.69, 9.17) is 4.74 Å². The van der Waals surface area contributed by atoms with E-state index in [0.29, 0.717) is 36.0 Å². The molecule has 0 aromatic rings. The van der Waals surface area contributed by atoms with E-state index in [1.807, 2.05) is 0 Å². The van der Waals surface area contributed by atoms with Crippen molar-refractivity contribution < 1.29 is 13.9 Å². The fourth-order valence-corrected chi connectivity index (χ4v) is 9.06. The largest absolute Gasteiger partial charge is 0.462 e. The maximum Gasteiger partial charge on any atom is 0.302 e. The van der Waals surface area contributed by atoms with Crippen LogP contribution in [0, 0.1) is 46.3 Å². The average Bonchev–Trinajstić information content (AvgIpc) is 3.06. The van der Waals surface area contributed by atoms with Crippen molar-refractivity contribution in [2.75, 3.05) is 0 Å². The molecule has 32 heavy (non-hydrogen) atoms. The Balaban J connectivity index is 1.51. The Bertz CT molecular complexity index is 741. The lowest BCUT2D eigenvalue weighted by molar-refractivity contribution is -0.149. The van der Waals surface area contributed by atoms with E-state index in [1.165, 1.54) is 51.9 Å². The third-order valence-electron chi connectivity index (χ3n) is 10.6. The standard InChI is InChI=1S/C29H47FO2/c1-18(2)8-7-9-19(3)23-10-11-24-22-17-27(30)26-16-21(32-20(4)31)12-14-29(26,6)25(22)13-15-28(23,24)5/h18-19,21-25H,7-17H2,1-6H3/t19-,21+,22+,23-,24+,25+,28-,29-/m1/s1. The van der Waals surface area contributed by atoms with Gasteiger partial charge >= 0.3 is 5.97 Å². The van der Waals surface area contributed by atoms with E-state index in [9.17, 15) is 4.79 Å². The van der Waals surface area contributed by atoms with Crippen LogP contribution in [-0.4, -0.2) is 12.1 Å². The minimum atomic E-state index is -0.235. The SMILES string of the molecule is CC(=O)O[C@H]1CC[C@@]2(C)C(=C(F)C[C@H]3[C@@H]4CC[C@H]([C@H](C)CCCC(C)C)[C@@]4(C)CC[C@@H]32)C1. The topological polar surface area (TPSA) is 26.3 Å². The van der Waals surface area contributed by atoms with Gasteiger partial charge in [-0.3, -0.25) is 4.79 Å². The number of hydrogen-bond donors (Lipinski definition) is 0. The molecule has 3 saturated carbocycles. The molecule has 0 N–H and O–H groups in total. The molecule has 3 heteroatoms. The Morgan fingerprint density at radius 3 is 2.47 bits per heavy atom. The van der Waals surface area contributed by atoms with Crippen LogP contribution in [0.1, 0.15) is 112 Å². The summed E-state index contributed by atoms with van der Waals surface area (Å²) in [5.41, 5.74) is 1.35. The second-order valence-corrected chi connectivity index (χ2v) is 12.9. The van der Waals surface area contributed by atoms with E-state index < -0.39 is 0 Å². The van der Waals surface area contributed by atoms with Crippen LogP contribution < -0.4 is 0 Å². The molecule has 0 aromatic carbocycles. The van der Waals surface area contributed by atoms with Gasteiger partial charge in [-0.1, -0.05) is 53.9 Å². The molecule has 0 aromatic heterocycles. The third kappa shape index (κ3) is 4.20. The number of carbonyl (C=O) groups is 1. The van der Waals surface area contributed by atoms with Crippen LogP contribution in [0.3, 0.4) is 0 Å². The molecule has 0 spiro atoms. The van der Waals surface area contributed by atoms with Crippen LogP contribution in [0.15, 0.2) is 11.4 Å². The number of fused-ring (bicyclic) bond motifs is 5. The highest BCUT2D eigenvalue weighted by Crippen LogP contribution is 2.68. The molecule has 0 saturated heterocycles. The van der Waals surface area contributed by atoms with Crippen molar-refractivity contribution in [1.82, 2.24) is 0 Å². The molecule has 0 unspecified atom stereocenters. The fraction of sp³-hybridized carbons (Fsp3) is 0.897. The van der Waals surface area contributed by atoms with Crippen molar-refractivity contribution in [1.29, 1.82) is 0 Å². The molecular weight excluding hydrogens is 399 g/mol. The number of hydrogen-bond acceptors (Lipinski definition) is 2. The molecule has 4 aliphatic rings. The van der Waals surface area contributed by atoms with Crippen molar-refractivity contribution in [3.8, 4) is 0 Å². The Hall–Kier alpha value is -0.860. The number of esters is 1. The summed E-state index contributed by atoms with van der Waals surface area (Å²) in [6.45, 7) is 13.5. The van der Waals surface area contributed by atoms with Gasteiger partial charge in [-0.15, -0.1) is 0 Å². The highest BCUT2D eigenvalue weighted by atomic mass is 19.1. The Kier molecular flexibility index (Phi) is 6.87. The van der Waals surface area contributed by atoms with E-state index in [1.54, 1.807) is 0 Å². The zero-order chi connectivity index (χ0) is 23.3. The molecule has 8 atom stereocenters. The van der Waals surface area contributed by atoms with Gasteiger partial charge in [0.2, 0.25) is 0 Å². The van der Waals surface area contributed by atoms with E-state index in [0.717, 1.165) is 36.2 Å². The lowest BCUT2D eigenvalue weighted by Gasteiger charge is -2.58. The maximum absolute atomic E-state index is 15.7. The van der Waals surface area contributed by atoms with Gasteiger partial charge in [-0.05, 0) is 90.4 Å². The van der Waals surface area contributed by atoms with E-state index in [2.05, 4.69) is 34.6 Å². The lowest BCUT2D eigenvalue weighted by atomic mass is 9.46. The number of allylic oxidation sites excluding steroid dienone is 1. The van der Waals surface area contributed by atoms with Gasteiger partial charge in [0.05, 0.1) is 0 Å². The maximum atomic E-state index is 15.7. The molecule has 182 valence electrons. The smallest absolute Gasteiger partial charge is 0.302 e. The van der Waals surface area contributed by atoms with Gasteiger partial charge in [0.1, 0.15) is 11.9 Å². The first-order valence-corrected chi connectivity index (χ1v) is 13.6. The van der Waals surface area contributed by atoms with Crippen molar-refractivity contribution >= 4 is 5.97 Å². The summed E-state index contributed by atoms with van der Waals surface area (Å²) >= 11 is 0. The average molecular weight is 447 g/mol. The second kappa shape index (κ2) is 9.06. The molecule has 0 radical (unpaired) electrons. The van der Waals surface area contributed by atoms with Crippen LogP contribution in [-0.2, 0) is 9.53 Å². The van der Waals surface area contributed by atoms with Crippen LogP contribution in [0.2, 0.25) is 0 Å². The summed E-state index contributed by atoms with van der Waals surface area (Å²) in [5, 5.41) is 0. The third-order valence-corrected chi connectivity index (χ3v) is 10.6. The van der Waals surface area contributed by atoms with Crippen molar-refractivity contribution in [3.63, 3.8) is 0 Å². The minimum Gasteiger partial charge on any atom is -0.462 e. The molecule has 0 aliphatic heterocycles. The van der Waals surface area contributed by atoms with Crippen LogP contribution >= 0.6 is 0 Å². The molecule has 0 heterocycles. The minimum absolute atomic E-state index is 0.0358. The molecule has 4 aliphatic carbocycles. The van der Waals surface area contributed by atoms with Gasteiger partial charge in [-0.25, -0.2) is 4.39 Å². The number of carbonyl (C=O) groups excluding carboxylic acids is 1. The highest BCUT2D eigenvalue weighted by Gasteiger charge is 2.60. The van der Waals surface area contributed by atoms with Crippen LogP contribution in [0.4, 0.5) is 4.39 Å². The Labute approximate surface area is 196 Å². The summed E-state index contributed by atoms with van der Waals surface area (Å²) in [7, 11) is 0. The Morgan fingerprint density at radius 1 is 1.03 bits per heavy atom. The van der Waals surface area contributed by atoms with E-state index in [-0.39, 0.29) is 23.3 Å². The predicted octanol–water partition coefficient (Wildman–Crippen LogP) is 8.26. The molecule has 0 bridgehead atoms. The van der Waals surface area contributed by atoms with Gasteiger partial charge in [0.15, 0.2) is 0 Å². The number of ether oxygens (including phenoxy) is 1. The first kappa shape index (κ1) is 24.3. The zero-order valence-electron chi connectivity index (χ0n) is 21.5. The van der Waals surface area contributed by atoms with Crippen molar-refractivity contribution in [2.24, 2.45) is 46.3 Å².